The van der Waals surface area contributed by atoms with Crippen molar-refractivity contribution in [3.8, 4) is 0 Å². The van der Waals surface area contributed by atoms with Crippen molar-refractivity contribution in [1.29, 1.82) is 0 Å². The SMILES string of the molecule is CC(C)CCN(c1ncccc1C(=O)O)C1CC1. The first kappa shape index (κ1) is 12.9. The van der Waals surface area contributed by atoms with Crippen LogP contribution < -0.4 is 4.90 Å². The van der Waals surface area contributed by atoms with E-state index in [9.17, 15) is 9.90 Å². The van der Waals surface area contributed by atoms with Crippen LogP contribution in [-0.4, -0.2) is 28.6 Å². The van der Waals surface area contributed by atoms with Crippen molar-refractivity contribution in [1.82, 2.24) is 4.98 Å². The Labute approximate surface area is 108 Å². The van der Waals surface area contributed by atoms with Gasteiger partial charge in [-0.1, -0.05) is 13.8 Å². The number of carboxylic acid groups (broad SMARTS) is 1. The molecule has 1 aromatic heterocycles. The summed E-state index contributed by atoms with van der Waals surface area (Å²) in [6.45, 7) is 5.25. The lowest BCUT2D eigenvalue weighted by atomic mass is 10.1. The summed E-state index contributed by atoms with van der Waals surface area (Å²) in [4.78, 5) is 17.7. The summed E-state index contributed by atoms with van der Waals surface area (Å²) in [7, 11) is 0. The third-order valence-electron chi connectivity index (χ3n) is 3.22. The van der Waals surface area contributed by atoms with Gasteiger partial charge in [0.2, 0.25) is 0 Å². The smallest absolute Gasteiger partial charge is 0.339 e. The van der Waals surface area contributed by atoms with Gasteiger partial charge in [-0.2, -0.15) is 0 Å². The number of pyridine rings is 1. The van der Waals surface area contributed by atoms with Crippen LogP contribution in [-0.2, 0) is 0 Å². The molecule has 4 heteroatoms. The Morgan fingerprint density at radius 2 is 2.28 bits per heavy atom. The van der Waals surface area contributed by atoms with Gasteiger partial charge in [-0.3, -0.25) is 0 Å². The molecule has 0 spiro atoms. The van der Waals surface area contributed by atoms with Crippen LogP contribution in [0.1, 0.15) is 43.5 Å². The second kappa shape index (κ2) is 5.38. The summed E-state index contributed by atoms with van der Waals surface area (Å²) in [5.74, 6) is 0.352. The predicted molar refractivity (Wildman–Crippen MR) is 71.0 cm³/mol. The van der Waals surface area contributed by atoms with E-state index in [0.29, 0.717) is 23.3 Å². The maximum absolute atomic E-state index is 11.2. The molecule has 98 valence electrons. The second-order valence-corrected chi connectivity index (χ2v) is 5.29. The Hall–Kier alpha value is -1.58. The monoisotopic (exact) mass is 248 g/mol. The van der Waals surface area contributed by atoms with Gasteiger partial charge in [0.15, 0.2) is 0 Å². The van der Waals surface area contributed by atoms with Crippen molar-refractivity contribution in [3.63, 3.8) is 0 Å². The van der Waals surface area contributed by atoms with Gasteiger partial charge in [-0.05, 0) is 37.3 Å². The molecular formula is C14H20N2O2. The fourth-order valence-corrected chi connectivity index (χ4v) is 2.04. The summed E-state index contributed by atoms with van der Waals surface area (Å²) in [5.41, 5.74) is 0.313. The van der Waals surface area contributed by atoms with Gasteiger partial charge >= 0.3 is 5.97 Å². The maximum Gasteiger partial charge on any atom is 0.339 e. The van der Waals surface area contributed by atoms with Crippen molar-refractivity contribution in [3.05, 3.63) is 23.9 Å². The van der Waals surface area contributed by atoms with Gasteiger partial charge in [0.25, 0.3) is 0 Å². The zero-order valence-electron chi connectivity index (χ0n) is 11.0. The predicted octanol–water partition coefficient (Wildman–Crippen LogP) is 2.79. The van der Waals surface area contributed by atoms with Gasteiger partial charge < -0.3 is 10.0 Å². The standard InChI is InChI=1S/C14H20N2O2/c1-10(2)7-9-16(11-5-6-11)13-12(14(17)18)4-3-8-15-13/h3-4,8,10-11H,5-7,9H2,1-2H3,(H,17,18). The van der Waals surface area contributed by atoms with E-state index in [0.717, 1.165) is 25.8 Å². The quantitative estimate of drug-likeness (QED) is 0.841. The average molecular weight is 248 g/mol. The van der Waals surface area contributed by atoms with Crippen LogP contribution in [0.2, 0.25) is 0 Å². The van der Waals surface area contributed by atoms with Crippen LogP contribution >= 0.6 is 0 Å². The van der Waals surface area contributed by atoms with E-state index in [1.54, 1.807) is 18.3 Å². The molecule has 0 unspecified atom stereocenters. The number of carboxylic acids is 1. The molecule has 4 nitrogen and oxygen atoms in total. The number of aromatic carboxylic acids is 1. The molecule has 1 aliphatic rings. The van der Waals surface area contributed by atoms with E-state index in [4.69, 9.17) is 0 Å². The summed E-state index contributed by atoms with van der Waals surface area (Å²) in [6, 6.07) is 3.80. The zero-order chi connectivity index (χ0) is 13.1. The third-order valence-corrected chi connectivity index (χ3v) is 3.22. The molecule has 0 amide bonds. The minimum Gasteiger partial charge on any atom is -0.478 e. The van der Waals surface area contributed by atoms with Crippen LogP contribution in [0.3, 0.4) is 0 Å². The Morgan fingerprint density at radius 1 is 1.56 bits per heavy atom. The third kappa shape index (κ3) is 3.00. The molecule has 1 heterocycles. The van der Waals surface area contributed by atoms with E-state index < -0.39 is 5.97 Å². The highest BCUT2D eigenvalue weighted by atomic mass is 16.4. The van der Waals surface area contributed by atoms with Crippen LogP contribution in [0.15, 0.2) is 18.3 Å². The van der Waals surface area contributed by atoms with Gasteiger partial charge in [0.1, 0.15) is 11.4 Å². The van der Waals surface area contributed by atoms with Crippen molar-refractivity contribution < 1.29 is 9.90 Å². The largest absolute Gasteiger partial charge is 0.478 e. The molecule has 0 aliphatic heterocycles. The lowest BCUT2D eigenvalue weighted by molar-refractivity contribution is 0.0697. The van der Waals surface area contributed by atoms with E-state index in [2.05, 4.69) is 23.7 Å². The molecule has 1 N–H and O–H groups in total. The van der Waals surface area contributed by atoms with Crippen LogP contribution in [0.25, 0.3) is 0 Å². The fraction of sp³-hybridized carbons (Fsp3) is 0.571. The molecule has 0 saturated heterocycles. The molecule has 1 fully saturated rings. The number of aromatic nitrogens is 1. The normalized spacial score (nSPS) is 14.8. The van der Waals surface area contributed by atoms with Crippen molar-refractivity contribution in [2.45, 2.75) is 39.2 Å². The lowest BCUT2D eigenvalue weighted by Crippen LogP contribution is -2.30. The lowest BCUT2D eigenvalue weighted by Gasteiger charge is -2.25. The van der Waals surface area contributed by atoms with Gasteiger partial charge in [-0.15, -0.1) is 0 Å². The fourth-order valence-electron chi connectivity index (χ4n) is 2.04. The van der Waals surface area contributed by atoms with E-state index in [1.807, 2.05) is 0 Å². The number of hydrogen-bond donors (Lipinski definition) is 1. The van der Waals surface area contributed by atoms with Crippen LogP contribution in [0.4, 0.5) is 5.82 Å². The first-order chi connectivity index (χ1) is 8.59. The molecule has 0 bridgehead atoms. The Balaban J connectivity index is 2.22. The maximum atomic E-state index is 11.2. The Kier molecular flexibility index (Phi) is 3.84. The highest BCUT2D eigenvalue weighted by Crippen LogP contribution is 2.32. The number of nitrogens with zero attached hydrogens (tertiary/aromatic N) is 2. The summed E-state index contributed by atoms with van der Waals surface area (Å²) < 4.78 is 0. The number of rotatable bonds is 6. The van der Waals surface area contributed by atoms with Crippen LogP contribution in [0.5, 0.6) is 0 Å². The van der Waals surface area contributed by atoms with Gasteiger partial charge in [0.05, 0.1) is 0 Å². The molecule has 0 aromatic carbocycles. The van der Waals surface area contributed by atoms with E-state index >= 15 is 0 Å². The summed E-state index contributed by atoms with van der Waals surface area (Å²) >= 11 is 0. The van der Waals surface area contributed by atoms with Crippen molar-refractivity contribution in [2.75, 3.05) is 11.4 Å². The first-order valence-corrected chi connectivity index (χ1v) is 6.54. The summed E-state index contributed by atoms with van der Waals surface area (Å²) in [6.07, 6.45) is 5.03. The summed E-state index contributed by atoms with van der Waals surface area (Å²) in [5, 5.41) is 9.23. The highest BCUT2D eigenvalue weighted by Gasteiger charge is 2.32. The first-order valence-electron chi connectivity index (χ1n) is 6.54. The topological polar surface area (TPSA) is 53.4 Å². The van der Waals surface area contributed by atoms with Crippen LogP contribution in [0, 0.1) is 5.92 Å². The van der Waals surface area contributed by atoms with Crippen molar-refractivity contribution in [2.24, 2.45) is 5.92 Å². The molecular weight excluding hydrogens is 228 g/mol. The van der Waals surface area contributed by atoms with Gasteiger partial charge in [-0.25, -0.2) is 9.78 Å². The van der Waals surface area contributed by atoms with E-state index in [1.165, 1.54) is 0 Å². The molecule has 2 rings (SSSR count). The molecule has 1 saturated carbocycles. The minimum atomic E-state index is -0.895. The minimum absolute atomic E-state index is 0.313. The van der Waals surface area contributed by atoms with Gasteiger partial charge in [0, 0.05) is 18.8 Å². The van der Waals surface area contributed by atoms with Crippen molar-refractivity contribution >= 4 is 11.8 Å². The molecule has 18 heavy (non-hydrogen) atoms. The Bertz CT molecular complexity index is 428. The Morgan fingerprint density at radius 3 is 2.83 bits per heavy atom. The number of anilines is 1. The zero-order valence-corrected chi connectivity index (χ0v) is 11.0. The molecule has 0 atom stereocenters. The second-order valence-electron chi connectivity index (χ2n) is 5.29. The average Bonchev–Trinajstić information content (AvgIpc) is 3.14. The van der Waals surface area contributed by atoms with E-state index in [-0.39, 0.29) is 0 Å². The molecule has 1 aliphatic carbocycles. The molecule has 1 aromatic rings. The number of carbonyl (C=O) groups is 1. The number of hydrogen-bond acceptors (Lipinski definition) is 3. The molecule has 0 radical (unpaired) electrons. The highest BCUT2D eigenvalue weighted by molar-refractivity contribution is 5.93.